The smallest absolute Gasteiger partial charge is 0.412 e. The largest absolute Gasteiger partial charge is 0.453 e. The van der Waals surface area contributed by atoms with Crippen LogP contribution in [0.15, 0.2) is 58.5 Å². The van der Waals surface area contributed by atoms with Gasteiger partial charge in [-0.15, -0.1) is 0 Å². The molecule has 0 saturated carbocycles. The van der Waals surface area contributed by atoms with Crippen molar-refractivity contribution < 1.29 is 14.3 Å². The summed E-state index contributed by atoms with van der Waals surface area (Å²) in [7, 11) is 1.35. The summed E-state index contributed by atoms with van der Waals surface area (Å²) >= 11 is 1.69. The van der Waals surface area contributed by atoms with Crippen LogP contribution < -0.4 is 5.32 Å². The zero-order chi connectivity index (χ0) is 19.3. The van der Waals surface area contributed by atoms with E-state index in [0.717, 1.165) is 29.3 Å². The van der Waals surface area contributed by atoms with Crippen LogP contribution in [0.1, 0.15) is 5.69 Å². The van der Waals surface area contributed by atoms with Crippen molar-refractivity contribution in [2.45, 2.75) is 16.3 Å². The lowest BCUT2D eigenvalue weighted by molar-refractivity contribution is 0.0336. The number of benzene rings is 1. The van der Waals surface area contributed by atoms with E-state index in [9.17, 15) is 4.79 Å². The first-order valence-electron chi connectivity index (χ1n) is 9.12. The van der Waals surface area contributed by atoms with Gasteiger partial charge < -0.3 is 9.47 Å². The van der Waals surface area contributed by atoms with Crippen LogP contribution in [0, 0.1) is 0 Å². The molecule has 0 bridgehead atoms. The fourth-order valence-corrected chi connectivity index (χ4v) is 3.99. The van der Waals surface area contributed by atoms with E-state index in [1.165, 1.54) is 12.0 Å². The molecule has 4 rings (SSSR count). The van der Waals surface area contributed by atoms with Crippen LogP contribution in [0.4, 0.5) is 10.6 Å². The van der Waals surface area contributed by atoms with Gasteiger partial charge in [0.1, 0.15) is 5.65 Å². The highest BCUT2D eigenvalue weighted by molar-refractivity contribution is 7.99. The number of aromatic nitrogens is 2. The summed E-state index contributed by atoms with van der Waals surface area (Å²) in [5.41, 5.74) is 1.71. The first-order chi connectivity index (χ1) is 13.7. The Kier molecular flexibility index (Phi) is 5.80. The Morgan fingerprint density at radius 3 is 2.71 bits per heavy atom. The van der Waals surface area contributed by atoms with Crippen LogP contribution in [0.25, 0.3) is 5.65 Å². The molecule has 0 unspecified atom stereocenters. The maximum Gasteiger partial charge on any atom is 0.412 e. The zero-order valence-electron chi connectivity index (χ0n) is 15.6. The molecule has 1 fully saturated rings. The number of fused-ring (bicyclic) bond motifs is 1. The highest BCUT2D eigenvalue weighted by Gasteiger charge is 2.19. The molecule has 0 aliphatic carbocycles. The number of ether oxygens (including phenoxy) is 2. The van der Waals surface area contributed by atoms with Crippen LogP contribution in [0.5, 0.6) is 0 Å². The maximum absolute atomic E-state index is 11.8. The molecule has 3 heterocycles. The predicted molar refractivity (Wildman–Crippen MR) is 108 cm³/mol. The predicted octanol–water partition coefficient (Wildman–Crippen LogP) is 3.50. The van der Waals surface area contributed by atoms with Crippen molar-refractivity contribution in [1.29, 1.82) is 0 Å². The molecule has 1 aliphatic rings. The molecular weight excluding hydrogens is 376 g/mol. The molecule has 2 aromatic heterocycles. The number of carbonyl (C=O) groups excluding carboxylic acids is 1. The topological polar surface area (TPSA) is 68.1 Å². The lowest BCUT2D eigenvalue weighted by Crippen LogP contribution is -2.36. The summed E-state index contributed by atoms with van der Waals surface area (Å²) in [6.45, 7) is 3.80. The summed E-state index contributed by atoms with van der Waals surface area (Å²) in [6, 6.07) is 14.2. The monoisotopic (exact) mass is 398 g/mol. The molecule has 1 N–H and O–H groups in total. The Morgan fingerprint density at radius 1 is 1.18 bits per heavy atom. The molecule has 0 radical (unpaired) electrons. The molecule has 1 amide bonds. The van der Waals surface area contributed by atoms with Crippen molar-refractivity contribution in [3.05, 3.63) is 54.4 Å². The lowest BCUT2D eigenvalue weighted by Gasteiger charge is -2.26. The van der Waals surface area contributed by atoms with Crippen molar-refractivity contribution in [3.8, 4) is 0 Å². The van der Waals surface area contributed by atoms with Crippen molar-refractivity contribution in [2.24, 2.45) is 0 Å². The molecule has 1 aliphatic heterocycles. The van der Waals surface area contributed by atoms with E-state index >= 15 is 0 Å². The third-order valence-electron chi connectivity index (χ3n) is 4.55. The maximum atomic E-state index is 11.8. The van der Waals surface area contributed by atoms with Crippen molar-refractivity contribution in [3.63, 3.8) is 0 Å². The van der Waals surface area contributed by atoms with Crippen LogP contribution in [-0.4, -0.2) is 53.8 Å². The van der Waals surface area contributed by atoms with E-state index in [1.54, 1.807) is 11.8 Å². The van der Waals surface area contributed by atoms with Crippen molar-refractivity contribution in [1.82, 2.24) is 14.3 Å². The van der Waals surface area contributed by atoms with Gasteiger partial charge in [0.2, 0.25) is 0 Å². The van der Waals surface area contributed by atoms with Gasteiger partial charge in [0.15, 0.2) is 5.82 Å². The van der Waals surface area contributed by atoms with Gasteiger partial charge in [-0.2, -0.15) is 0 Å². The summed E-state index contributed by atoms with van der Waals surface area (Å²) in [4.78, 5) is 21.0. The fourth-order valence-electron chi connectivity index (χ4n) is 3.13. The lowest BCUT2D eigenvalue weighted by atomic mass is 10.3. The van der Waals surface area contributed by atoms with E-state index < -0.39 is 6.09 Å². The number of morpholine rings is 1. The number of anilines is 1. The average Bonchev–Trinajstić information content (AvgIpc) is 3.06. The van der Waals surface area contributed by atoms with Gasteiger partial charge in [-0.25, -0.2) is 9.78 Å². The second-order valence-corrected chi connectivity index (χ2v) is 7.57. The number of hydrogen-bond donors (Lipinski definition) is 1. The number of hydrogen-bond acceptors (Lipinski definition) is 6. The Balaban J connectivity index is 1.68. The minimum Gasteiger partial charge on any atom is -0.453 e. The second-order valence-electron chi connectivity index (χ2n) is 6.42. The molecule has 1 aromatic carbocycles. The van der Waals surface area contributed by atoms with Gasteiger partial charge >= 0.3 is 6.09 Å². The van der Waals surface area contributed by atoms with Crippen molar-refractivity contribution in [2.75, 3.05) is 38.7 Å². The number of amides is 1. The van der Waals surface area contributed by atoms with Gasteiger partial charge in [-0.05, 0) is 24.3 Å². The van der Waals surface area contributed by atoms with Gasteiger partial charge in [-0.3, -0.25) is 14.6 Å². The van der Waals surface area contributed by atoms with Crippen LogP contribution in [0.2, 0.25) is 0 Å². The Morgan fingerprint density at radius 2 is 1.96 bits per heavy atom. The molecule has 0 atom stereocenters. The number of nitrogens with one attached hydrogen (secondary N) is 1. The molecule has 8 heteroatoms. The quantitative estimate of drug-likeness (QED) is 0.710. The molecule has 1 saturated heterocycles. The number of methoxy groups -OCH3 is 1. The van der Waals surface area contributed by atoms with Crippen LogP contribution >= 0.6 is 11.8 Å². The Labute approximate surface area is 167 Å². The van der Waals surface area contributed by atoms with E-state index in [2.05, 4.69) is 33.5 Å². The average molecular weight is 398 g/mol. The summed E-state index contributed by atoms with van der Waals surface area (Å²) in [5, 5.41) is 2.75. The highest BCUT2D eigenvalue weighted by atomic mass is 32.2. The normalized spacial score (nSPS) is 14.9. The van der Waals surface area contributed by atoms with Crippen LogP contribution in [-0.2, 0) is 16.0 Å². The first kappa shape index (κ1) is 18.8. The van der Waals surface area contributed by atoms with E-state index in [0.29, 0.717) is 25.6 Å². The number of rotatable bonds is 5. The van der Waals surface area contributed by atoms with Crippen molar-refractivity contribution >= 4 is 29.3 Å². The second kappa shape index (κ2) is 8.64. The summed E-state index contributed by atoms with van der Waals surface area (Å²) in [5.74, 6) is 0.528. The zero-order valence-corrected chi connectivity index (χ0v) is 16.4. The van der Waals surface area contributed by atoms with Gasteiger partial charge in [0, 0.05) is 35.6 Å². The number of imidazole rings is 1. The van der Waals surface area contributed by atoms with Gasteiger partial charge in [-0.1, -0.05) is 30.0 Å². The summed E-state index contributed by atoms with van der Waals surface area (Å²) < 4.78 is 12.3. The standard InChI is InChI=1S/C20H22N4O3S/c1-26-20(25)22-19-17(14-23-9-11-27-12-10-23)24-13-16(7-8-18(24)21-19)28-15-5-3-2-4-6-15/h2-8,13H,9-12,14H2,1H3,(H,22,25). The minimum absolute atomic E-state index is 0.523. The molecule has 3 aromatic rings. The van der Waals surface area contributed by atoms with E-state index in [1.807, 2.05) is 34.7 Å². The number of pyridine rings is 1. The molecular formula is C20H22N4O3S. The minimum atomic E-state index is -0.523. The summed E-state index contributed by atoms with van der Waals surface area (Å²) in [6.07, 6.45) is 1.55. The number of carbonyl (C=O) groups is 1. The third-order valence-corrected chi connectivity index (χ3v) is 5.54. The molecule has 28 heavy (non-hydrogen) atoms. The fraction of sp³-hybridized carbons (Fsp3) is 0.300. The molecule has 146 valence electrons. The third kappa shape index (κ3) is 4.30. The van der Waals surface area contributed by atoms with Crippen LogP contribution in [0.3, 0.4) is 0 Å². The van der Waals surface area contributed by atoms with Gasteiger partial charge in [0.25, 0.3) is 0 Å². The highest BCUT2D eigenvalue weighted by Crippen LogP contribution is 2.29. The van der Waals surface area contributed by atoms with E-state index in [-0.39, 0.29) is 0 Å². The molecule has 7 nitrogen and oxygen atoms in total. The van der Waals surface area contributed by atoms with E-state index in [4.69, 9.17) is 9.47 Å². The first-order valence-corrected chi connectivity index (χ1v) is 9.93. The number of nitrogens with zero attached hydrogens (tertiary/aromatic N) is 3. The Bertz CT molecular complexity index is 955. The molecule has 0 spiro atoms. The van der Waals surface area contributed by atoms with Gasteiger partial charge in [0.05, 0.1) is 26.0 Å². The Hall–Kier alpha value is -2.55. The SMILES string of the molecule is COC(=O)Nc1nc2ccc(Sc3ccccc3)cn2c1CN1CCOCC1.